The minimum Gasteiger partial charge on any atom is -0.497 e. The molecule has 1 aliphatic heterocycles. The van der Waals surface area contributed by atoms with Gasteiger partial charge >= 0.3 is 0 Å². The smallest absolute Gasteiger partial charge is 0.118 e. The van der Waals surface area contributed by atoms with E-state index >= 15 is 0 Å². The van der Waals surface area contributed by atoms with Crippen LogP contribution in [0.25, 0.3) is 0 Å². The fourth-order valence-electron chi connectivity index (χ4n) is 3.50. The van der Waals surface area contributed by atoms with E-state index in [1.165, 1.54) is 36.9 Å². The lowest BCUT2D eigenvalue weighted by Crippen LogP contribution is -2.43. The van der Waals surface area contributed by atoms with Crippen LogP contribution < -0.4 is 4.74 Å². The molecule has 26 heavy (non-hydrogen) atoms. The molecule has 0 N–H and O–H groups in total. The summed E-state index contributed by atoms with van der Waals surface area (Å²) >= 11 is 5.93. The molecular weight excluding hydrogens is 346 g/mol. The molecule has 1 aliphatic rings. The van der Waals surface area contributed by atoms with Crippen LogP contribution in [0.15, 0.2) is 48.5 Å². The number of benzene rings is 2. The molecule has 1 unspecified atom stereocenters. The summed E-state index contributed by atoms with van der Waals surface area (Å²) in [7, 11) is 1.71. The molecule has 3 rings (SSSR count). The van der Waals surface area contributed by atoms with E-state index in [4.69, 9.17) is 21.1 Å². The summed E-state index contributed by atoms with van der Waals surface area (Å²) in [5, 5.41) is 0.769. The molecule has 0 aromatic heterocycles. The molecule has 4 heteroatoms. The minimum absolute atomic E-state index is 0.522. The van der Waals surface area contributed by atoms with Crippen LogP contribution in [0.1, 0.15) is 30.4 Å². The SMILES string of the molecule is COc1ccc(CCN2CCCCC2COCc2ccc(Cl)cc2)cc1. The van der Waals surface area contributed by atoms with Crippen molar-refractivity contribution in [1.29, 1.82) is 0 Å². The molecule has 0 radical (unpaired) electrons. The van der Waals surface area contributed by atoms with E-state index in [-0.39, 0.29) is 0 Å². The lowest BCUT2D eigenvalue weighted by Gasteiger charge is -2.35. The van der Waals surface area contributed by atoms with Gasteiger partial charge in [0, 0.05) is 17.6 Å². The molecule has 1 heterocycles. The van der Waals surface area contributed by atoms with Crippen molar-refractivity contribution in [2.24, 2.45) is 0 Å². The topological polar surface area (TPSA) is 21.7 Å². The second-order valence-corrected chi connectivity index (χ2v) is 7.36. The first-order valence-electron chi connectivity index (χ1n) is 9.44. The van der Waals surface area contributed by atoms with Crippen LogP contribution in [0.4, 0.5) is 0 Å². The predicted molar refractivity (Wildman–Crippen MR) is 107 cm³/mol. The van der Waals surface area contributed by atoms with Crippen molar-refractivity contribution in [1.82, 2.24) is 4.90 Å². The van der Waals surface area contributed by atoms with E-state index in [0.717, 1.165) is 30.3 Å². The third kappa shape index (κ3) is 5.73. The van der Waals surface area contributed by atoms with Crippen molar-refractivity contribution >= 4 is 11.6 Å². The summed E-state index contributed by atoms with van der Waals surface area (Å²) in [6.07, 6.45) is 4.88. The Morgan fingerprint density at radius 2 is 1.73 bits per heavy atom. The molecule has 1 fully saturated rings. The minimum atomic E-state index is 0.522. The lowest BCUT2D eigenvalue weighted by atomic mass is 10.0. The lowest BCUT2D eigenvalue weighted by molar-refractivity contribution is 0.0330. The van der Waals surface area contributed by atoms with Crippen molar-refractivity contribution in [3.8, 4) is 5.75 Å². The van der Waals surface area contributed by atoms with Gasteiger partial charge in [-0.1, -0.05) is 42.3 Å². The zero-order valence-electron chi connectivity index (χ0n) is 15.5. The van der Waals surface area contributed by atoms with Crippen LogP contribution in [0.3, 0.4) is 0 Å². The van der Waals surface area contributed by atoms with Gasteiger partial charge in [-0.2, -0.15) is 0 Å². The first kappa shape index (κ1) is 19.2. The van der Waals surface area contributed by atoms with Crippen LogP contribution in [0.2, 0.25) is 5.02 Å². The van der Waals surface area contributed by atoms with Crippen LogP contribution in [0, 0.1) is 0 Å². The number of likely N-dealkylation sites (tertiary alicyclic amines) is 1. The highest BCUT2D eigenvalue weighted by Gasteiger charge is 2.22. The Labute approximate surface area is 161 Å². The standard InChI is InChI=1S/C22H28ClNO2/c1-25-22-11-7-18(8-12-22)13-15-24-14-3-2-4-21(24)17-26-16-19-5-9-20(23)10-6-19/h5-12,21H,2-4,13-17H2,1H3. The summed E-state index contributed by atoms with van der Waals surface area (Å²) < 4.78 is 11.2. The van der Waals surface area contributed by atoms with Gasteiger partial charge in [-0.25, -0.2) is 0 Å². The van der Waals surface area contributed by atoms with Crippen molar-refractivity contribution in [3.05, 3.63) is 64.7 Å². The predicted octanol–water partition coefficient (Wildman–Crippen LogP) is 4.96. The normalized spacial score (nSPS) is 18.0. The molecule has 0 bridgehead atoms. The maximum atomic E-state index is 6.01. The van der Waals surface area contributed by atoms with E-state index in [1.54, 1.807) is 7.11 Å². The van der Waals surface area contributed by atoms with Crippen molar-refractivity contribution < 1.29 is 9.47 Å². The Balaban J connectivity index is 1.46. The van der Waals surface area contributed by atoms with Crippen LogP contribution >= 0.6 is 11.6 Å². The van der Waals surface area contributed by atoms with Crippen molar-refractivity contribution in [3.63, 3.8) is 0 Å². The number of ether oxygens (including phenoxy) is 2. The number of hydrogen-bond acceptors (Lipinski definition) is 3. The maximum Gasteiger partial charge on any atom is 0.118 e. The van der Waals surface area contributed by atoms with Crippen molar-refractivity contribution in [2.45, 2.75) is 38.3 Å². The van der Waals surface area contributed by atoms with E-state index in [1.807, 2.05) is 36.4 Å². The molecule has 0 spiro atoms. The first-order chi connectivity index (χ1) is 12.7. The summed E-state index contributed by atoms with van der Waals surface area (Å²) in [5.74, 6) is 0.917. The van der Waals surface area contributed by atoms with Gasteiger partial charge in [0.15, 0.2) is 0 Å². The monoisotopic (exact) mass is 373 g/mol. The number of halogens is 1. The van der Waals surface area contributed by atoms with Gasteiger partial charge in [0.25, 0.3) is 0 Å². The summed E-state index contributed by atoms with van der Waals surface area (Å²) in [6.45, 7) is 3.71. The third-order valence-electron chi connectivity index (χ3n) is 5.09. The highest BCUT2D eigenvalue weighted by Crippen LogP contribution is 2.19. The quantitative estimate of drug-likeness (QED) is 0.652. The number of methoxy groups -OCH3 is 1. The molecule has 2 aromatic rings. The second kappa shape index (κ2) is 9.96. The second-order valence-electron chi connectivity index (χ2n) is 6.93. The number of hydrogen-bond donors (Lipinski definition) is 0. The van der Waals surface area contributed by atoms with Gasteiger partial charge in [0.05, 0.1) is 20.3 Å². The summed E-state index contributed by atoms with van der Waals surface area (Å²) in [6, 6.07) is 16.8. The van der Waals surface area contributed by atoms with Crippen LogP contribution in [-0.2, 0) is 17.8 Å². The molecular formula is C22H28ClNO2. The van der Waals surface area contributed by atoms with E-state index in [2.05, 4.69) is 17.0 Å². The molecule has 140 valence electrons. The van der Waals surface area contributed by atoms with Crippen LogP contribution in [-0.4, -0.2) is 37.7 Å². The molecule has 0 saturated carbocycles. The first-order valence-corrected chi connectivity index (χ1v) is 9.81. The van der Waals surface area contributed by atoms with Gasteiger partial charge in [-0.15, -0.1) is 0 Å². The van der Waals surface area contributed by atoms with Crippen LogP contribution in [0.5, 0.6) is 5.75 Å². The Hall–Kier alpha value is -1.55. The highest BCUT2D eigenvalue weighted by molar-refractivity contribution is 6.30. The Kier molecular flexibility index (Phi) is 7.36. The third-order valence-corrected chi connectivity index (χ3v) is 5.34. The van der Waals surface area contributed by atoms with Gasteiger partial charge < -0.3 is 9.47 Å². The Morgan fingerprint density at radius 3 is 2.46 bits per heavy atom. The number of piperidine rings is 1. The van der Waals surface area contributed by atoms with E-state index in [0.29, 0.717) is 12.6 Å². The fraction of sp³-hybridized carbons (Fsp3) is 0.455. The highest BCUT2D eigenvalue weighted by atomic mass is 35.5. The summed E-state index contributed by atoms with van der Waals surface area (Å²) in [5.41, 5.74) is 2.53. The van der Waals surface area contributed by atoms with Gasteiger partial charge in [-0.3, -0.25) is 4.90 Å². The van der Waals surface area contributed by atoms with E-state index < -0.39 is 0 Å². The average Bonchev–Trinajstić information content (AvgIpc) is 2.69. The molecule has 0 aliphatic carbocycles. The molecule has 0 amide bonds. The van der Waals surface area contributed by atoms with Gasteiger partial charge in [0.2, 0.25) is 0 Å². The zero-order valence-corrected chi connectivity index (χ0v) is 16.3. The Bertz CT molecular complexity index is 657. The zero-order chi connectivity index (χ0) is 18.2. The summed E-state index contributed by atoms with van der Waals surface area (Å²) in [4.78, 5) is 2.59. The number of nitrogens with zero attached hydrogens (tertiary/aromatic N) is 1. The van der Waals surface area contributed by atoms with Gasteiger partial charge in [-0.05, 0) is 61.2 Å². The molecule has 1 atom stereocenters. The number of rotatable bonds is 8. The molecule has 2 aromatic carbocycles. The van der Waals surface area contributed by atoms with Crippen molar-refractivity contribution in [2.75, 3.05) is 26.8 Å². The molecule has 3 nitrogen and oxygen atoms in total. The Morgan fingerprint density at radius 1 is 1.00 bits per heavy atom. The average molecular weight is 374 g/mol. The largest absolute Gasteiger partial charge is 0.497 e. The van der Waals surface area contributed by atoms with E-state index in [9.17, 15) is 0 Å². The van der Waals surface area contributed by atoms with Gasteiger partial charge in [0.1, 0.15) is 5.75 Å². The molecule has 1 saturated heterocycles. The maximum absolute atomic E-state index is 6.01. The fourth-order valence-corrected chi connectivity index (χ4v) is 3.63.